The molecule has 0 radical (unpaired) electrons. The number of carboxylic acids is 1. The Bertz CT molecular complexity index is 1120. The van der Waals surface area contributed by atoms with E-state index in [4.69, 9.17) is 23.2 Å². The van der Waals surface area contributed by atoms with Crippen molar-refractivity contribution in [3.8, 4) is 0 Å². The number of halogens is 2. The summed E-state index contributed by atoms with van der Waals surface area (Å²) in [7, 11) is -4.23. The number of allylic oxidation sites excluding steroid dienone is 2. The highest BCUT2D eigenvalue weighted by Gasteiger charge is 2.30. The first kappa shape index (κ1) is 22.1. The van der Waals surface area contributed by atoms with E-state index in [0.717, 1.165) is 0 Å². The van der Waals surface area contributed by atoms with Gasteiger partial charge in [-0.2, -0.15) is 0 Å². The summed E-state index contributed by atoms with van der Waals surface area (Å²) in [4.78, 5) is 23.6. The van der Waals surface area contributed by atoms with Gasteiger partial charge < -0.3 is 19.9 Å². The van der Waals surface area contributed by atoms with Gasteiger partial charge in [-0.25, -0.2) is 8.42 Å². The minimum atomic E-state index is -4.23. The summed E-state index contributed by atoms with van der Waals surface area (Å²) in [5.41, 5.74) is 0.194. The minimum absolute atomic E-state index is 0.0514. The van der Waals surface area contributed by atoms with Crippen molar-refractivity contribution in [1.29, 1.82) is 0 Å². The molecule has 3 rings (SSSR count). The van der Waals surface area contributed by atoms with Crippen LogP contribution in [0.15, 0.2) is 59.5 Å². The van der Waals surface area contributed by atoms with Gasteiger partial charge in [0, 0.05) is 22.6 Å². The molecule has 10 heteroatoms. The zero-order valence-electron chi connectivity index (χ0n) is 15.4. The molecule has 2 aromatic carbocycles. The summed E-state index contributed by atoms with van der Waals surface area (Å²) in [6.45, 7) is 0. The van der Waals surface area contributed by atoms with Crippen LogP contribution in [0, 0.1) is 11.8 Å². The summed E-state index contributed by atoms with van der Waals surface area (Å²) in [5.74, 6) is -3.65. The maximum absolute atomic E-state index is 12.7. The number of benzene rings is 2. The Morgan fingerprint density at radius 1 is 1.00 bits per heavy atom. The number of rotatable bonds is 6. The fourth-order valence-electron chi connectivity index (χ4n) is 3.08. The lowest BCUT2D eigenvalue weighted by Crippen LogP contribution is -2.41. The van der Waals surface area contributed by atoms with Crippen LogP contribution < -0.4 is 10.4 Å². The Hall–Kier alpha value is -2.55. The minimum Gasteiger partial charge on any atom is -0.571 e. The van der Waals surface area contributed by atoms with Gasteiger partial charge >= 0.3 is 0 Å². The van der Waals surface area contributed by atoms with Crippen molar-refractivity contribution < 1.29 is 23.1 Å². The van der Waals surface area contributed by atoms with E-state index in [1.807, 2.05) is 0 Å². The average Bonchev–Trinajstić information content (AvgIpc) is 2.71. The Morgan fingerprint density at radius 3 is 2.33 bits per heavy atom. The number of carbonyl (C=O) groups excluding carboxylic acids is 2. The lowest BCUT2D eigenvalue weighted by atomic mass is 9.82. The number of anilines is 1. The Labute approximate surface area is 183 Å². The quantitative estimate of drug-likeness (QED) is 0.651. The first-order chi connectivity index (χ1) is 14.2. The van der Waals surface area contributed by atoms with Crippen molar-refractivity contribution in [2.75, 3.05) is 5.32 Å². The molecule has 2 unspecified atom stereocenters. The molecule has 0 aliphatic heterocycles. The van der Waals surface area contributed by atoms with Gasteiger partial charge in [-0.3, -0.25) is 4.79 Å². The lowest BCUT2D eigenvalue weighted by molar-refractivity contribution is -0.313. The maximum Gasteiger partial charge on any atom is 0.228 e. The van der Waals surface area contributed by atoms with Crippen molar-refractivity contribution in [1.82, 2.24) is 0 Å². The first-order valence-corrected chi connectivity index (χ1v) is 11.1. The number of aliphatic carboxylic acids is 1. The van der Waals surface area contributed by atoms with Crippen molar-refractivity contribution in [3.63, 3.8) is 0 Å². The van der Waals surface area contributed by atoms with E-state index in [2.05, 4.69) is 10.0 Å². The lowest BCUT2D eigenvalue weighted by Gasteiger charge is -2.28. The molecule has 0 aromatic heterocycles. The van der Waals surface area contributed by atoms with Crippen LogP contribution in [0.25, 0.3) is 4.72 Å². The molecular weight excluding hydrogens is 451 g/mol. The Morgan fingerprint density at radius 2 is 1.67 bits per heavy atom. The van der Waals surface area contributed by atoms with Crippen LogP contribution >= 0.6 is 23.2 Å². The molecule has 0 heterocycles. The van der Waals surface area contributed by atoms with Crippen LogP contribution in [0.4, 0.5) is 11.4 Å². The SMILES string of the molecule is O=C([O-])C1CC=CCC1C(=O)Nc1ccc(Cl)c(S(=O)(=O)[N-]c2ccccc2Cl)c1. The number of carbonyl (C=O) groups is 2. The Kier molecular flexibility index (Phi) is 6.70. The number of nitrogens with one attached hydrogen (secondary N) is 1. The van der Waals surface area contributed by atoms with Gasteiger partial charge in [0.05, 0.1) is 15.8 Å². The molecule has 0 bridgehead atoms. The van der Waals surface area contributed by atoms with Crippen LogP contribution in [0.3, 0.4) is 0 Å². The standard InChI is InChI=1S/C20H17Cl2N2O5S/c21-15-7-3-4-8-17(15)24-30(28,29)18-11-12(9-10-16(18)22)23-19(25)13-5-1-2-6-14(13)20(26)27/h1-4,7-11,13-14H,5-6H2,(H,23,25)(H,26,27)/q-1/p-1. The second kappa shape index (κ2) is 9.07. The number of amides is 1. The third kappa shape index (κ3) is 4.95. The highest BCUT2D eigenvalue weighted by Crippen LogP contribution is 2.37. The largest absolute Gasteiger partial charge is 0.571 e. The van der Waals surface area contributed by atoms with Crippen molar-refractivity contribution >= 4 is 56.5 Å². The molecule has 158 valence electrons. The molecule has 0 fully saturated rings. The Balaban J connectivity index is 1.84. The number of hydrogen-bond donors (Lipinski definition) is 1. The zero-order valence-corrected chi connectivity index (χ0v) is 17.7. The normalized spacial score (nSPS) is 18.6. The maximum atomic E-state index is 12.7. The topological polar surface area (TPSA) is 117 Å². The van der Waals surface area contributed by atoms with Gasteiger partial charge in [-0.1, -0.05) is 53.6 Å². The second-order valence-corrected chi connectivity index (χ2v) is 9.01. The van der Waals surface area contributed by atoms with Crippen LogP contribution in [0.1, 0.15) is 12.8 Å². The third-order valence-electron chi connectivity index (χ3n) is 4.62. The molecule has 7 nitrogen and oxygen atoms in total. The number of carboxylic acid groups (broad SMARTS) is 1. The highest BCUT2D eigenvalue weighted by molar-refractivity contribution is 7.94. The van der Waals surface area contributed by atoms with Crippen molar-refractivity contribution in [2.24, 2.45) is 11.8 Å². The molecule has 0 spiro atoms. The highest BCUT2D eigenvalue weighted by atomic mass is 35.5. The van der Waals surface area contributed by atoms with Gasteiger partial charge in [0.1, 0.15) is 10.0 Å². The summed E-state index contributed by atoms with van der Waals surface area (Å²) >= 11 is 12.0. The molecule has 2 atom stereocenters. The predicted octanol–water partition coefficient (Wildman–Crippen LogP) is 3.66. The fraction of sp³-hybridized carbons (Fsp3) is 0.200. The fourth-order valence-corrected chi connectivity index (χ4v) is 4.83. The summed E-state index contributed by atoms with van der Waals surface area (Å²) in [6, 6.07) is 10.1. The number of nitrogens with zero attached hydrogens (tertiary/aromatic N) is 1. The number of sulfonamides is 1. The smallest absolute Gasteiger partial charge is 0.228 e. The first-order valence-electron chi connectivity index (χ1n) is 8.88. The van der Waals surface area contributed by atoms with E-state index >= 15 is 0 Å². The zero-order chi connectivity index (χ0) is 21.9. The third-order valence-corrected chi connectivity index (χ3v) is 6.71. The van der Waals surface area contributed by atoms with Crippen LogP contribution in [0.5, 0.6) is 0 Å². The molecule has 0 saturated heterocycles. The summed E-state index contributed by atoms with van der Waals surface area (Å²) in [6.07, 6.45) is 3.85. The van der Waals surface area contributed by atoms with Crippen molar-refractivity contribution in [3.05, 3.63) is 69.4 Å². The van der Waals surface area contributed by atoms with Gasteiger partial charge in [0.15, 0.2) is 0 Å². The average molecular weight is 467 g/mol. The van der Waals surface area contributed by atoms with E-state index in [1.54, 1.807) is 24.3 Å². The monoisotopic (exact) mass is 466 g/mol. The molecule has 1 N–H and O–H groups in total. The van der Waals surface area contributed by atoms with E-state index in [-0.39, 0.29) is 39.2 Å². The molecule has 1 aliphatic carbocycles. The van der Waals surface area contributed by atoms with Gasteiger partial charge in [-0.05, 0) is 37.1 Å². The predicted molar refractivity (Wildman–Crippen MR) is 112 cm³/mol. The van der Waals surface area contributed by atoms with Gasteiger partial charge in [0.2, 0.25) is 5.91 Å². The number of hydrogen-bond acceptors (Lipinski definition) is 5. The molecule has 2 aromatic rings. The van der Waals surface area contributed by atoms with Crippen molar-refractivity contribution in [2.45, 2.75) is 17.7 Å². The van der Waals surface area contributed by atoms with Gasteiger partial charge in [0.25, 0.3) is 0 Å². The molecule has 0 saturated carbocycles. The van der Waals surface area contributed by atoms with Crippen LogP contribution in [-0.4, -0.2) is 20.3 Å². The van der Waals surface area contributed by atoms with Crippen LogP contribution in [0.2, 0.25) is 10.0 Å². The summed E-state index contributed by atoms with van der Waals surface area (Å²) in [5, 5.41) is 13.9. The molecule has 30 heavy (non-hydrogen) atoms. The summed E-state index contributed by atoms with van der Waals surface area (Å²) < 4.78 is 29.2. The van der Waals surface area contributed by atoms with Gasteiger partial charge in [-0.15, -0.1) is 5.69 Å². The molecule has 1 aliphatic rings. The molecular formula is C20H16Cl2N2O5S-2. The van der Waals surface area contributed by atoms with E-state index in [1.165, 1.54) is 30.3 Å². The van der Waals surface area contributed by atoms with E-state index in [0.29, 0.717) is 0 Å². The van der Waals surface area contributed by atoms with E-state index < -0.39 is 33.7 Å². The molecule has 1 amide bonds. The van der Waals surface area contributed by atoms with Crippen LogP contribution in [-0.2, 0) is 19.6 Å². The van der Waals surface area contributed by atoms with E-state index in [9.17, 15) is 23.1 Å². The second-order valence-electron chi connectivity index (χ2n) is 6.63.